The van der Waals surface area contributed by atoms with Gasteiger partial charge in [0.25, 0.3) is 17.5 Å². The number of rotatable bonds is 6. The highest BCUT2D eigenvalue weighted by atomic mass is 32.2. The van der Waals surface area contributed by atoms with Crippen LogP contribution in [-0.4, -0.2) is 52.9 Å². The third-order valence-corrected chi connectivity index (χ3v) is 3.95. The lowest BCUT2D eigenvalue weighted by Gasteiger charge is -2.13. The monoisotopic (exact) mass is 357 g/mol. The van der Waals surface area contributed by atoms with Crippen LogP contribution in [0.4, 0.5) is 11.4 Å². The molecule has 1 aliphatic rings. The Bertz CT molecular complexity index is 861. The van der Waals surface area contributed by atoms with E-state index in [1.165, 1.54) is 0 Å². The van der Waals surface area contributed by atoms with Gasteiger partial charge in [-0.1, -0.05) is 0 Å². The Morgan fingerprint density at radius 2 is 1.96 bits per heavy atom. The third-order valence-electron chi connectivity index (χ3n) is 3.05. The molecule has 12 heteroatoms. The van der Waals surface area contributed by atoms with E-state index in [1.807, 2.05) is 0 Å². The minimum atomic E-state index is -4.80. The molecule has 24 heavy (non-hydrogen) atoms. The number of β-amino-alcohol motifs (C(OH)–C–C–N with tert-alkyl or cyclic N) is 1. The first-order valence-corrected chi connectivity index (χ1v) is 7.80. The summed E-state index contributed by atoms with van der Waals surface area (Å²) in [7, 11) is -4.80. The predicted octanol–water partition coefficient (Wildman–Crippen LogP) is -0.502. The Balaban J connectivity index is 2.34. The van der Waals surface area contributed by atoms with Crippen LogP contribution in [0.3, 0.4) is 0 Å². The van der Waals surface area contributed by atoms with Crippen LogP contribution < -0.4 is 5.32 Å². The zero-order valence-corrected chi connectivity index (χ0v) is 12.7. The first-order valence-electron chi connectivity index (χ1n) is 6.36. The maximum atomic E-state index is 11.9. The molecule has 3 N–H and O–H groups in total. The van der Waals surface area contributed by atoms with E-state index in [0.29, 0.717) is 0 Å². The lowest BCUT2D eigenvalue weighted by Crippen LogP contribution is -2.34. The minimum Gasteiger partial charge on any atom is -0.395 e. The van der Waals surface area contributed by atoms with Gasteiger partial charge in [-0.25, -0.2) is 0 Å². The van der Waals surface area contributed by atoms with Crippen molar-refractivity contribution in [3.05, 3.63) is 40.1 Å². The number of hydrogen-bond acceptors (Lipinski definition) is 8. The van der Waals surface area contributed by atoms with Gasteiger partial charge < -0.3 is 10.4 Å². The Labute approximate surface area is 135 Å². The molecule has 0 unspecified atom stereocenters. The van der Waals surface area contributed by atoms with Crippen molar-refractivity contribution in [3.8, 4) is 0 Å². The van der Waals surface area contributed by atoms with Gasteiger partial charge in [0.1, 0.15) is 5.70 Å². The van der Waals surface area contributed by atoms with E-state index in [2.05, 4.69) is 5.32 Å². The number of anilines is 1. The molecule has 0 aromatic heterocycles. The van der Waals surface area contributed by atoms with Gasteiger partial charge in [0, 0.05) is 17.8 Å². The van der Waals surface area contributed by atoms with Crippen molar-refractivity contribution in [1.29, 1.82) is 0 Å². The highest BCUT2D eigenvalue weighted by Gasteiger charge is 2.31. The summed E-state index contributed by atoms with van der Waals surface area (Å²) in [5.74, 6) is -1.41. The molecule has 0 atom stereocenters. The highest BCUT2D eigenvalue weighted by Crippen LogP contribution is 2.28. The van der Waals surface area contributed by atoms with Gasteiger partial charge in [0.15, 0.2) is 4.90 Å². The number of aliphatic hydroxyl groups excluding tert-OH is 1. The molecule has 0 saturated carbocycles. The number of nitro groups is 1. The van der Waals surface area contributed by atoms with Crippen LogP contribution >= 0.6 is 0 Å². The molecule has 2 amide bonds. The molecule has 0 fully saturated rings. The van der Waals surface area contributed by atoms with Crippen molar-refractivity contribution in [2.24, 2.45) is 0 Å². The van der Waals surface area contributed by atoms with Gasteiger partial charge in [-0.2, -0.15) is 8.42 Å². The normalized spacial score (nSPS) is 14.8. The number of nitrogens with one attached hydrogen (secondary N) is 1. The van der Waals surface area contributed by atoms with Crippen LogP contribution in [0.2, 0.25) is 0 Å². The first kappa shape index (κ1) is 17.5. The maximum absolute atomic E-state index is 11.9. The topological polar surface area (TPSA) is 167 Å². The molecule has 0 bridgehead atoms. The average Bonchev–Trinajstić information content (AvgIpc) is 2.74. The summed E-state index contributed by atoms with van der Waals surface area (Å²) in [6.45, 7) is -0.631. The van der Waals surface area contributed by atoms with E-state index in [1.54, 1.807) is 0 Å². The van der Waals surface area contributed by atoms with E-state index in [9.17, 15) is 28.1 Å². The van der Waals surface area contributed by atoms with Crippen molar-refractivity contribution in [1.82, 2.24) is 4.90 Å². The number of imide groups is 1. The molecule has 0 radical (unpaired) electrons. The number of hydrogen-bond donors (Lipinski definition) is 3. The number of aliphatic hydroxyl groups is 1. The molecule has 0 saturated heterocycles. The number of carbonyl (C=O) groups excluding carboxylic acids is 2. The molecule has 2 rings (SSSR count). The van der Waals surface area contributed by atoms with E-state index in [4.69, 9.17) is 9.66 Å². The lowest BCUT2D eigenvalue weighted by atomic mass is 10.2. The quantitative estimate of drug-likeness (QED) is 0.263. The fourth-order valence-corrected chi connectivity index (χ4v) is 2.66. The summed E-state index contributed by atoms with van der Waals surface area (Å²) in [6, 6.07) is 2.68. The summed E-state index contributed by atoms with van der Waals surface area (Å²) in [5, 5.41) is 22.2. The smallest absolute Gasteiger partial charge is 0.301 e. The molecule has 1 aliphatic heterocycles. The molecule has 0 aliphatic carbocycles. The van der Waals surface area contributed by atoms with Gasteiger partial charge in [0.05, 0.1) is 18.1 Å². The Hall–Kier alpha value is -2.83. The summed E-state index contributed by atoms with van der Waals surface area (Å²) in [5.41, 5.74) is -1.12. The van der Waals surface area contributed by atoms with Gasteiger partial charge in [-0.15, -0.1) is 0 Å². The molecule has 1 heterocycles. The molecular formula is C12H11N3O8S. The largest absolute Gasteiger partial charge is 0.395 e. The van der Waals surface area contributed by atoms with Crippen molar-refractivity contribution in [3.63, 3.8) is 0 Å². The molecule has 0 spiro atoms. The SMILES string of the molecule is O=C1C=C(Nc2ccc(S(=O)(=O)O)c([N+](=O)[O-])c2)C(=O)N1CCO. The molecule has 128 valence electrons. The molecule has 1 aromatic rings. The molecule has 11 nitrogen and oxygen atoms in total. The number of nitrogens with zero attached hydrogens (tertiary/aromatic N) is 2. The van der Waals surface area contributed by atoms with Crippen molar-refractivity contribution in [2.75, 3.05) is 18.5 Å². The second-order valence-electron chi connectivity index (χ2n) is 4.62. The van der Waals surface area contributed by atoms with Crippen molar-refractivity contribution < 1.29 is 32.6 Å². The van der Waals surface area contributed by atoms with Crippen LogP contribution in [0.15, 0.2) is 34.9 Å². The second-order valence-corrected chi connectivity index (χ2v) is 6.01. The van der Waals surface area contributed by atoms with Crippen molar-refractivity contribution >= 4 is 33.3 Å². The lowest BCUT2D eigenvalue weighted by molar-refractivity contribution is -0.387. The minimum absolute atomic E-state index is 0.0349. The Morgan fingerprint density at radius 1 is 1.29 bits per heavy atom. The zero-order chi connectivity index (χ0) is 18.1. The van der Waals surface area contributed by atoms with Crippen LogP contribution in [0, 0.1) is 10.1 Å². The number of carbonyl (C=O) groups is 2. The van der Waals surface area contributed by atoms with Gasteiger partial charge in [-0.05, 0) is 12.1 Å². The van der Waals surface area contributed by atoms with Crippen molar-refractivity contribution in [2.45, 2.75) is 4.90 Å². The van der Waals surface area contributed by atoms with Crippen LogP contribution in [-0.2, 0) is 19.7 Å². The third kappa shape index (κ3) is 3.40. The number of amides is 2. The molecular weight excluding hydrogens is 346 g/mol. The second kappa shape index (κ2) is 6.35. The zero-order valence-electron chi connectivity index (χ0n) is 11.9. The highest BCUT2D eigenvalue weighted by molar-refractivity contribution is 7.86. The standard InChI is InChI=1S/C12H11N3O8S/c16-4-3-14-11(17)6-8(12(14)18)13-7-1-2-10(24(21,22)23)9(5-7)15(19)20/h1-2,5-6,13,16H,3-4H2,(H,21,22,23). The van der Waals surface area contributed by atoms with E-state index < -0.39 is 44.0 Å². The summed E-state index contributed by atoms with van der Waals surface area (Å²) in [4.78, 5) is 33.3. The van der Waals surface area contributed by atoms with Gasteiger partial charge in [-0.3, -0.25) is 29.2 Å². The predicted molar refractivity (Wildman–Crippen MR) is 78.4 cm³/mol. The summed E-state index contributed by atoms with van der Waals surface area (Å²) < 4.78 is 31.2. The van der Waals surface area contributed by atoms with Crippen LogP contribution in [0.5, 0.6) is 0 Å². The number of nitro benzene ring substituents is 1. The Kier molecular flexibility index (Phi) is 4.64. The summed E-state index contributed by atoms with van der Waals surface area (Å²) >= 11 is 0. The summed E-state index contributed by atoms with van der Waals surface area (Å²) in [6.07, 6.45) is 0.945. The van der Waals surface area contributed by atoms with E-state index >= 15 is 0 Å². The Morgan fingerprint density at radius 3 is 2.50 bits per heavy atom. The van der Waals surface area contributed by atoms with E-state index in [-0.39, 0.29) is 17.9 Å². The van der Waals surface area contributed by atoms with Crippen LogP contribution in [0.1, 0.15) is 0 Å². The fourth-order valence-electron chi connectivity index (χ4n) is 2.02. The molecule has 1 aromatic carbocycles. The van der Waals surface area contributed by atoms with Gasteiger partial charge in [0.2, 0.25) is 0 Å². The first-order chi connectivity index (χ1) is 11.1. The maximum Gasteiger partial charge on any atom is 0.301 e. The van der Waals surface area contributed by atoms with E-state index in [0.717, 1.165) is 29.2 Å². The number of benzene rings is 1. The van der Waals surface area contributed by atoms with Crippen LogP contribution in [0.25, 0.3) is 0 Å². The van der Waals surface area contributed by atoms with Gasteiger partial charge >= 0.3 is 10.1 Å². The average molecular weight is 357 g/mol. The fraction of sp³-hybridized carbons (Fsp3) is 0.167.